The van der Waals surface area contributed by atoms with Crippen LogP contribution in [-0.4, -0.2) is 80.6 Å². The highest BCUT2D eigenvalue weighted by Crippen LogP contribution is 2.50. The van der Waals surface area contributed by atoms with Gasteiger partial charge in [0, 0.05) is 59.7 Å². The Bertz CT molecular complexity index is 2650. The van der Waals surface area contributed by atoms with Crippen molar-refractivity contribution in [3.05, 3.63) is 229 Å². The number of piperidine rings is 2. The number of hydrogen-bond donors (Lipinski definition) is 5. The van der Waals surface area contributed by atoms with Gasteiger partial charge in [-0.25, -0.2) is 0 Å². The first-order valence-electron chi connectivity index (χ1n) is 24.4. The molecule has 0 aromatic heterocycles. The van der Waals surface area contributed by atoms with Gasteiger partial charge in [-0.2, -0.15) is 0 Å². The molecule has 0 spiro atoms. The average molecular weight is 1010 g/mol. The number of hydroxylamine groups is 2. The monoisotopic (exact) mass is 1010 g/mol. The molecule has 6 aromatic rings. The molecule has 6 unspecified atom stereocenters. The highest BCUT2D eigenvalue weighted by Gasteiger charge is 2.60. The fourth-order valence-corrected chi connectivity index (χ4v) is 9.70. The summed E-state index contributed by atoms with van der Waals surface area (Å²) in [5.41, 5.74) is 9.31. The summed E-state index contributed by atoms with van der Waals surface area (Å²) in [6.07, 6.45) is 11.1. The molecule has 5 N–H and O–H groups in total. The van der Waals surface area contributed by atoms with Crippen molar-refractivity contribution in [1.82, 2.24) is 10.4 Å². The smallest absolute Gasteiger partial charge is 0.189 e. The van der Waals surface area contributed by atoms with Gasteiger partial charge in [0.25, 0.3) is 0 Å². The zero-order valence-electron chi connectivity index (χ0n) is 39.8. The average Bonchev–Trinajstić information content (AvgIpc) is 4.12. The van der Waals surface area contributed by atoms with Crippen molar-refractivity contribution in [2.45, 2.75) is 87.5 Å². The Morgan fingerprint density at radius 1 is 0.563 bits per heavy atom. The molecule has 4 heterocycles. The summed E-state index contributed by atoms with van der Waals surface area (Å²) in [7, 11) is 0. The Labute approximate surface area is 433 Å². The van der Waals surface area contributed by atoms with Crippen LogP contribution in [-0.2, 0) is 24.1 Å². The lowest BCUT2D eigenvalue weighted by molar-refractivity contribution is -0.0355. The van der Waals surface area contributed by atoms with E-state index in [1.807, 2.05) is 151 Å². The zero-order chi connectivity index (χ0) is 49.6. The molecule has 4 aliphatic heterocycles. The molecule has 0 radical (unpaired) electrons. The number of hydrogen-bond acceptors (Lipinski definition) is 8. The van der Waals surface area contributed by atoms with E-state index in [4.69, 9.17) is 39.6 Å². The molecule has 0 aliphatic carbocycles. The fraction of sp³-hybridized carbons (Fsp3) is 0.283. The summed E-state index contributed by atoms with van der Waals surface area (Å²) < 4.78 is 0. The Kier molecular flexibility index (Phi) is 18.3. The molecule has 4 aliphatic rings. The Morgan fingerprint density at radius 3 is 1.54 bits per heavy atom. The number of nitrogens with one attached hydrogen (secondary N) is 1. The van der Waals surface area contributed by atoms with Crippen molar-refractivity contribution >= 4 is 58.7 Å². The first-order chi connectivity index (χ1) is 34.4. The number of aliphatic hydroxyl groups excluding tert-OH is 3. The number of aliphatic imine (C=N–C) groups is 1. The lowest BCUT2D eigenvalue weighted by Crippen LogP contribution is -2.54. The number of rotatable bonds is 12. The van der Waals surface area contributed by atoms with E-state index in [0.717, 1.165) is 81.4 Å². The van der Waals surface area contributed by atoms with Crippen LogP contribution in [0.2, 0.25) is 15.1 Å². The van der Waals surface area contributed by atoms with E-state index >= 15 is 0 Å². The Balaban J connectivity index is 0.000000143. The maximum Gasteiger partial charge on any atom is 0.189 e. The summed E-state index contributed by atoms with van der Waals surface area (Å²) in [4.78, 5) is 10.6. The van der Waals surface area contributed by atoms with Gasteiger partial charge in [0.05, 0.1) is 18.3 Å². The molecule has 71 heavy (non-hydrogen) atoms. The lowest BCUT2D eigenvalue weighted by atomic mass is 9.86. The molecule has 3 fully saturated rings. The lowest BCUT2D eigenvalue weighted by Gasteiger charge is -2.38. The van der Waals surface area contributed by atoms with E-state index in [-0.39, 0.29) is 12.2 Å². The van der Waals surface area contributed by atoms with Crippen LogP contribution in [0.15, 0.2) is 186 Å². The predicted molar refractivity (Wildman–Crippen MR) is 290 cm³/mol. The van der Waals surface area contributed by atoms with Crippen molar-refractivity contribution in [3.8, 4) is 0 Å². The summed E-state index contributed by atoms with van der Waals surface area (Å²) in [5, 5.41) is 48.6. The van der Waals surface area contributed by atoms with E-state index in [9.17, 15) is 20.4 Å². The van der Waals surface area contributed by atoms with Crippen molar-refractivity contribution < 1.29 is 25.3 Å². The molecule has 0 saturated carbocycles. The van der Waals surface area contributed by atoms with Crippen LogP contribution in [0.1, 0.15) is 71.9 Å². The summed E-state index contributed by atoms with van der Waals surface area (Å²) in [6.45, 7) is 2.06. The molecule has 0 bridgehead atoms. The number of allylic oxidation sites excluding steroid dienone is 1. The molecule has 0 amide bonds. The van der Waals surface area contributed by atoms with E-state index in [1.54, 1.807) is 0 Å². The van der Waals surface area contributed by atoms with E-state index in [1.165, 1.54) is 16.7 Å². The van der Waals surface area contributed by atoms with Gasteiger partial charge in [-0.15, -0.1) is 5.06 Å². The summed E-state index contributed by atoms with van der Waals surface area (Å²) >= 11 is 17.9. The first-order valence-corrected chi connectivity index (χ1v) is 25.6. The molecule has 368 valence electrons. The molecule has 10 rings (SSSR count). The largest absolute Gasteiger partial charge is 0.393 e. The predicted octanol–water partition coefficient (Wildman–Crippen LogP) is 12.0. The van der Waals surface area contributed by atoms with E-state index in [0.29, 0.717) is 50.2 Å². The number of aliphatic hydroxyl groups is 4. The Hall–Kier alpha value is -5.20. The number of benzene rings is 6. The minimum atomic E-state index is -1.20. The van der Waals surface area contributed by atoms with Gasteiger partial charge in [-0.3, -0.25) is 15.1 Å². The van der Waals surface area contributed by atoms with Crippen LogP contribution in [0.3, 0.4) is 0 Å². The molecule has 3 saturated heterocycles. The molecular weight excluding hydrogens is 949 g/mol. The standard InChI is InChI=1S/C20H20ClNO2.C20H22ClNO2.C20H20ClNO/c21-18-8-6-16(7-9-18)13-17(12-15-4-2-1-3-5-15)20-14-19(23)10-11-22(20)24-20;21-18-8-6-16(7-9-18)13-17(12-15-4-2-1-3-5-15)20(24)14-19(23)10-11-22-20;21-18-8-6-16(7-9-18)13-17(12-15-4-2-1-3-5-15)20-14-19(23)10-11-22-20/h1-9,13,19,23H,10-12,14H2;1-9,13,19,22-24H,10-12,14H2;1-9,13,19,23H,10-12,14H2. The maximum atomic E-state index is 11.1. The third-order valence-corrected chi connectivity index (χ3v) is 13.9. The third-order valence-electron chi connectivity index (χ3n) is 13.2. The van der Waals surface area contributed by atoms with Crippen molar-refractivity contribution in [2.24, 2.45) is 4.99 Å². The van der Waals surface area contributed by atoms with Crippen LogP contribution in [0, 0.1) is 0 Å². The van der Waals surface area contributed by atoms with Crippen LogP contribution >= 0.6 is 34.8 Å². The molecule has 6 atom stereocenters. The maximum absolute atomic E-state index is 11.1. The molecule has 6 aromatic carbocycles. The highest BCUT2D eigenvalue weighted by atomic mass is 35.5. The van der Waals surface area contributed by atoms with E-state index < -0.39 is 17.6 Å². The van der Waals surface area contributed by atoms with Crippen molar-refractivity contribution in [2.75, 3.05) is 19.6 Å². The molecule has 11 heteroatoms. The fourth-order valence-electron chi connectivity index (χ4n) is 9.32. The topological polar surface area (TPSA) is 121 Å². The number of nitrogens with zero attached hydrogens (tertiary/aromatic N) is 2. The van der Waals surface area contributed by atoms with Gasteiger partial charge in [0.1, 0.15) is 5.72 Å². The van der Waals surface area contributed by atoms with Crippen LogP contribution in [0.5, 0.6) is 0 Å². The number of fused-ring (bicyclic) bond motifs is 1. The van der Waals surface area contributed by atoms with Gasteiger partial charge in [0.2, 0.25) is 0 Å². The number of halogens is 3. The van der Waals surface area contributed by atoms with E-state index in [2.05, 4.69) is 46.7 Å². The highest BCUT2D eigenvalue weighted by molar-refractivity contribution is 6.31. The Morgan fingerprint density at radius 2 is 1.03 bits per heavy atom. The normalized spacial score (nSPS) is 24.3. The van der Waals surface area contributed by atoms with Gasteiger partial charge >= 0.3 is 0 Å². The summed E-state index contributed by atoms with van der Waals surface area (Å²) in [5.74, 6) is 0. The molecule has 8 nitrogen and oxygen atoms in total. The first kappa shape index (κ1) is 52.1. The quantitative estimate of drug-likeness (QED) is 0.0774. The van der Waals surface area contributed by atoms with Gasteiger partial charge in [0.15, 0.2) is 5.72 Å². The van der Waals surface area contributed by atoms with Crippen molar-refractivity contribution in [1.29, 1.82) is 0 Å². The second kappa shape index (κ2) is 25.0. The van der Waals surface area contributed by atoms with Gasteiger partial charge < -0.3 is 20.4 Å². The third kappa shape index (κ3) is 15.2. The van der Waals surface area contributed by atoms with Crippen LogP contribution in [0.25, 0.3) is 18.2 Å². The SMILES string of the molecule is OC1CCN2OC2(C(=Cc2ccc(Cl)cc2)Cc2ccccc2)C1.OC1CCN=C(C(=Cc2ccc(Cl)cc2)Cc2ccccc2)C1.OC1CCNC(O)(C(=Cc2ccc(Cl)cc2)Cc2ccccc2)C1. The second-order valence-electron chi connectivity index (χ2n) is 18.7. The van der Waals surface area contributed by atoms with Gasteiger partial charge in [-0.1, -0.05) is 174 Å². The molecular formula is C60H62Cl3N3O5. The van der Waals surface area contributed by atoms with Crippen LogP contribution in [0.4, 0.5) is 0 Å². The second-order valence-corrected chi connectivity index (χ2v) is 20.0. The zero-order valence-corrected chi connectivity index (χ0v) is 42.0. The summed E-state index contributed by atoms with van der Waals surface area (Å²) in [6, 6.07) is 53.9. The van der Waals surface area contributed by atoms with Crippen molar-refractivity contribution in [3.63, 3.8) is 0 Å². The van der Waals surface area contributed by atoms with Crippen LogP contribution < -0.4 is 5.32 Å². The van der Waals surface area contributed by atoms with Gasteiger partial charge in [-0.05, 0) is 131 Å². The minimum absolute atomic E-state index is 0.285. The minimum Gasteiger partial charge on any atom is -0.393 e.